The first-order chi connectivity index (χ1) is 5.65. The predicted octanol–water partition coefficient (Wildman–Crippen LogP) is -0.548. The standard InChI is InChI=1S/C8H16N2O2/c1-10(2)6-4-7(9-5-6)8(11)12-3/h6-7,9H,4-5H2,1-3H3/t6-,7-/m0/s1. The van der Waals surface area contributed by atoms with Crippen LogP contribution < -0.4 is 5.32 Å². The summed E-state index contributed by atoms with van der Waals surface area (Å²) in [5, 5.41) is 3.12. The lowest BCUT2D eigenvalue weighted by Gasteiger charge is -2.17. The molecular weight excluding hydrogens is 156 g/mol. The van der Waals surface area contributed by atoms with Gasteiger partial charge in [0.05, 0.1) is 7.11 Å². The molecule has 0 aromatic heterocycles. The van der Waals surface area contributed by atoms with Crippen LogP contribution in [0.1, 0.15) is 6.42 Å². The van der Waals surface area contributed by atoms with Crippen molar-refractivity contribution in [3.05, 3.63) is 0 Å². The molecule has 4 heteroatoms. The third-order valence-corrected chi connectivity index (χ3v) is 2.32. The zero-order valence-corrected chi connectivity index (χ0v) is 7.83. The number of rotatable bonds is 2. The summed E-state index contributed by atoms with van der Waals surface area (Å²) < 4.78 is 4.64. The number of likely N-dealkylation sites (N-methyl/N-ethyl adjacent to an activating group) is 1. The molecule has 1 rings (SSSR count). The molecule has 1 heterocycles. The van der Waals surface area contributed by atoms with Gasteiger partial charge in [0, 0.05) is 12.6 Å². The SMILES string of the molecule is COC(=O)[C@@H]1C[C@H](N(C)C)CN1. The summed E-state index contributed by atoms with van der Waals surface area (Å²) in [6, 6.07) is 0.344. The van der Waals surface area contributed by atoms with Crippen molar-refractivity contribution in [3.8, 4) is 0 Å². The van der Waals surface area contributed by atoms with E-state index in [-0.39, 0.29) is 12.0 Å². The van der Waals surface area contributed by atoms with Crippen LogP contribution in [0.2, 0.25) is 0 Å². The summed E-state index contributed by atoms with van der Waals surface area (Å²) in [7, 11) is 5.46. The summed E-state index contributed by atoms with van der Waals surface area (Å²) in [5.74, 6) is -0.153. The van der Waals surface area contributed by atoms with Crippen molar-refractivity contribution in [3.63, 3.8) is 0 Å². The highest BCUT2D eigenvalue weighted by Gasteiger charge is 2.30. The molecule has 2 atom stereocenters. The number of methoxy groups -OCH3 is 1. The van der Waals surface area contributed by atoms with Crippen molar-refractivity contribution < 1.29 is 9.53 Å². The van der Waals surface area contributed by atoms with E-state index in [0.717, 1.165) is 13.0 Å². The minimum absolute atomic E-state index is 0.109. The second kappa shape index (κ2) is 3.87. The number of hydrogen-bond donors (Lipinski definition) is 1. The quantitative estimate of drug-likeness (QED) is 0.568. The molecule has 4 nitrogen and oxygen atoms in total. The molecule has 0 spiro atoms. The minimum atomic E-state index is -0.153. The fourth-order valence-electron chi connectivity index (χ4n) is 1.43. The van der Waals surface area contributed by atoms with E-state index in [0.29, 0.717) is 6.04 Å². The van der Waals surface area contributed by atoms with Crippen LogP contribution in [-0.2, 0) is 9.53 Å². The predicted molar refractivity (Wildman–Crippen MR) is 45.9 cm³/mol. The number of carbonyl (C=O) groups is 1. The van der Waals surface area contributed by atoms with Crippen LogP contribution in [0.3, 0.4) is 0 Å². The van der Waals surface area contributed by atoms with Gasteiger partial charge in [-0.15, -0.1) is 0 Å². The average molecular weight is 172 g/mol. The summed E-state index contributed by atoms with van der Waals surface area (Å²) in [6.45, 7) is 0.868. The Hall–Kier alpha value is -0.610. The van der Waals surface area contributed by atoms with Crippen molar-refractivity contribution >= 4 is 5.97 Å². The first-order valence-corrected chi connectivity index (χ1v) is 4.12. The summed E-state index contributed by atoms with van der Waals surface area (Å²) in [5.41, 5.74) is 0. The lowest BCUT2D eigenvalue weighted by molar-refractivity contribution is -0.142. The lowest BCUT2D eigenvalue weighted by atomic mass is 10.1. The van der Waals surface area contributed by atoms with Crippen LogP contribution in [0.5, 0.6) is 0 Å². The number of nitrogens with one attached hydrogen (secondary N) is 1. The lowest BCUT2D eigenvalue weighted by Crippen LogP contribution is -2.31. The van der Waals surface area contributed by atoms with Crippen molar-refractivity contribution in [2.45, 2.75) is 18.5 Å². The van der Waals surface area contributed by atoms with Gasteiger partial charge in [-0.1, -0.05) is 0 Å². The summed E-state index contributed by atoms with van der Waals surface area (Å²) in [6.07, 6.45) is 0.847. The van der Waals surface area contributed by atoms with Gasteiger partial charge in [-0.25, -0.2) is 0 Å². The van der Waals surface area contributed by atoms with Gasteiger partial charge in [-0.05, 0) is 20.5 Å². The molecule has 0 aromatic carbocycles. The van der Waals surface area contributed by atoms with Gasteiger partial charge in [0.1, 0.15) is 6.04 Å². The van der Waals surface area contributed by atoms with Crippen LogP contribution in [-0.4, -0.2) is 50.7 Å². The second-order valence-electron chi connectivity index (χ2n) is 3.34. The van der Waals surface area contributed by atoms with E-state index in [9.17, 15) is 4.79 Å². The molecule has 1 aliphatic heterocycles. The van der Waals surface area contributed by atoms with E-state index in [1.165, 1.54) is 7.11 Å². The highest BCUT2D eigenvalue weighted by atomic mass is 16.5. The third kappa shape index (κ3) is 1.95. The van der Waals surface area contributed by atoms with Crippen molar-refractivity contribution in [2.75, 3.05) is 27.7 Å². The van der Waals surface area contributed by atoms with E-state index in [4.69, 9.17) is 0 Å². The first kappa shape index (κ1) is 9.48. The smallest absolute Gasteiger partial charge is 0.322 e. The molecular formula is C8H16N2O2. The molecule has 1 aliphatic rings. The highest BCUT2D eigenvalue weighted by Crippen LogP contribution is 2.11. The summed E-state index contributed by atoms with van der Waals surface area (Å²) in [4.78, 5) is 13.2. The molecule has 70 valence electrons. The Morgan fingerprint density at radius 3 is 2.67 bits per heavy atom. The van der Waals surface area contributed by atoms with Gasteiger partial charge in [-0.2, -0.15) is 0 Å². The van der Waals surface area contributed by atoms with Gasteiger partial charge in [-0.3, -0.25) is 4.79 Å². The topological polar surface area (TPSA) is 41.6 Å². The maximum atomic E-state index is 11.1. The second-order valence-corrected chi connectivity index (χ2v) is 3.34. The van der Waals surface area contributed by atoms with Crippen LogP contribution in [0.4, 0.5) is 0 Å². The van der Waals surface area contributed by atoms with Gasteiger partial charge in [0.2, 0.25) is 0 Å². The fourth-order valence-corrected chi connectivity index (χ4v) is 1.43. The van der Waals surface area contributed by atoms with Crippen LogP contribution in [0.25, 0.3) is 0 Å². The molecule has 0 aliphatic carbocycles. The van der Waals surface area contributed by atoms with E-state index in [2.05, 4.69) is 15.0 Å². The van der Waals surface area contributed by atoms with Crippen molar-refractivity contribution in [2.24, 2.45) is 0 Å². The third-order valence-electron chi connectivity index (χ3n) is 2.32. The molecule has 0 bridgehead atoms. The maximum Gasteiger partial charge on any atom is 0.322 e. The Labute approximate surface area is 72.9 Å². The molecule has 0 amide bonds. The number of hydrogen-bond acceptors (Lipinski definition) is 4. The van der Waals surface area contributed by atoms with Gasteiger partial charge < -0.3 is 15.0 Å². The van der Waals surface area contributed by atoms with E-state index in [1.807, 2.05) is 14.1 Å². The number of ether oxygens (including phenoxy) is 1. The van der Waals surface area contributed by atoms with Gasteiger partial charge in [0.25, 0.3) is 0 Å². The fraction of sp³-hybridized carbons (Fsp3) is 0.875. The Balaban J connectivity index is 2.40. The molecule has 0 aromatic rings. The largest absolute Gasteiger partial charge is 0.468 e. The first-order valence-electron chi connectivity index (χ1n) is 4.12. The van der Waals surface area contributed by atoms with Gasteiger partial charge in [0.15, 0.2) is 0 Å². The number of nitrogens with zero attached hydrogens (tertiary/aromatic N) is 1. The zero-order chi connectivity index (χ0) is 9.14. The molecule has 0 saturated carbocycles. The molecule has 0 radical (unpaired) electrons. The van der Waals surface area contributed by atoms with E-state index < -0.39 is 0 Å². The van der Waals surface area contributed by atoms with Gasteiger partial charge >= 0.3 is 5.97 Å². The number of esters is 1. The van der Waals surface area contributed by atoms with E-state index >= 15 is 0 Å². The van der Waals surface area contributed by atoms with Crippen LogP contribution >= 0.6 is 0 Å². The van der Waals surface area contributed by atoms with E-state index in [1.54, 1.807) is 0 Å². The molecule has 1 N–H and O–H groups in total. The minimum Gasteiger partial charge on any atom is -0.468 e. The normalized spacial score (nSPS) is 29.3. The molecule has 1 saturated heterocycles. The zero-order valence-electron chi connectivity index (χ0n) is 7.83. The Morgan fingerprint density at radius 2 is 2.25 bits per heavy atom. The maximum absolute atomic E-state index is 11.1. The highest BCUT2D eigenvalue weighted by molar-refractivity contribution is 5.76. The summed E-state index contributed by atoms with van der Waals surface area (Å²) >= 11 is 0. The molecule has 0 unspecified atom stereocenters. The number of carbonyl (C=O) groups excluding carboxylic acids is 1. The average Bonchev–Trinajstić information content (AvgIpc) is 2.51. The molecule has 1 fully saturated rings. The Morgan fingerprint density at radius 1 is 1.58 bits per heavy atom. The Bertz CT molecular complexity index is 170. The monoisotopic (exact) mass is 172 g/mol. The van der Waals surface area contributed by atoms with Crippen LogP contribution in [0.15, 0.2) is 0 Å². The van der Waals surface area contributed by atoms with Crippen LogP contribution in [0, 0.1) is 0 Å². The Kier molecular flexibility index (Phi) is 3.05. The molecule has 12 heavy (non-hydrogen) atoms. The van der Waals surface area contributed by atoms with Crippen molar-refractivity contribution in [1.82, 2.24) is 10.2 Å². The van der Waals surface area contributed by atoms with Crippen molar-refractivity contribution in [1.29, 1.82) is 0 Å².